The summed E-state index contributed by atoms with van der Waals surface area (Å²) in [6, 6.07) is 27.8. The van der Waals surface area contributed by atoms with Crippen LogP contribution < -0.4 is 10.3 Å². The van der Waals surface area contributed by atoms with Crippen LogP contribution in [0.3, 0.4) is 0 Å². The lowest BCUT2D eigenvalue weighted by atomic mass is 9.64. The van der Waals surface area contributed by atoms with E-state index in [1.165, 1.54) is 7.11 Å². The van der Waals surface area contributed by atoms with Gasteiger partial charge in [-0.15, -0.1) is 0 Å². The van der Waals surface area contributed by atoms with Crippen molar-refractivity contribution in [3.05, 3.63) is 125 Å². The maximum absolute atomic E-state index is 13.4. The fourth-order valence-electron chi connectivity index (χ4n) is 6.31. The summed E-state index contributed by atoms with van der Waals surface area (Å²) in [5, 5.41) is 0. The largest absolute Gasteiger partial charge is 0.465 e. The normalized spacial score (nSPS) is 17.3. The summed E-state index contributed by atoms with van der Waals surface area (Å²) in [5.74, 6) is 0.563. The minimum atomic E-state index is -0.886. The molecule has 0 saturated heterocycles. The lowest BCUT2D eigenvalue weighted by Gasteiger charge is -2.37. The van der Waals surface area contributed by atoms with Crippen molar-refractivity contribution in [1.82, 2.24) is 4.57 Å². The lowest BCUT2D eigenvalue weighted by molar-refractivity contribution is -0.694. The molecule has 6 heteroatoms. The van der Waals surface area contributed by atoms with Gasteiger partial charge < -0.3 is 10.5 Å². The number of rotatable bonds is 8. The molecule has 1 saturated carbocycles. The second kappa shape index (κ2) is 10.7. The van der Waals surface area contributed by atoms with Gasteiger partial charge in [0.1, 0.15) is 30.4 Å². The Morgan fingerprint density at radius 2 is 1.63 bits per heavy atom. The molecule has 194 valence electrons. The topological polar surface area (TPSA) is 78.2 Å². The Kier molecular flexibility index (Phi) is 7.14. The van der Waals surface area contributed by atoms with Crippen molar-refractivity contribution in [3.8, 4) is 0 Å². The molecule has 1 aliphatic carbocycles. The Balaban J connectivity index is 1.44. The molecule has 0 spiro atoms. The first-order valence-electron chi connectivity index (χ1n) is 13.1. The number of carbonyl (C=O) groups is 2. The van der Waals surface area contributed by atoms with Crippen LogP contribution in [0, 0.1) is 12.8 Å². The van der Waals surface area contributed by atoms with Gasteiger partial charge in [0.25, 0.3) is 5.82 Å². The first-order chi connectivity index (χ1) is 18.4. The lowest BCUT2D eigenvalue weighted by Crippen LogP contribution is -2.47. The van der Waals surface area contributed by atoms with Crippen LogP contribution in [-0.2, 0) is 21.5 Å². The highest BCUT2D eigenvalue weighted by atomic mass is 16.5. The van der Waals surface area contributed by atoms with E-state index >= 15 is 0 Å². The second-order valence-electron chi connectivity index (χ2n) is 10.1. The number of benzene rings is 3. The fourth-order valence-corrected chi connectivity index (χ4v) is 6.31. The molecule has 2 unspecified atom stereocenters. The molecule has 1 fully saturated rings. The van der Waals surface area contributed by atoms with Crippen molar-refractivity contribution in [2.45, 2.75) is 44.2 Å². The summed E-state index contributed by atoms with van der Waals surface area (Å²) >= 11 is 0. The summed E-state index contributed by atoms with van der Waals surface area (Å²) in [5.41, 5.74) is 8.88. The van der Waals surface area contributed by atoms with Crippen LogP contribution in [0.15, 0.2) is 97.3 Å². The van der Waals surface area contributed by atoms with Crippen LogP contribution in [0.1, 0.15) is 58.2 Å². The molecule has 1 aliphatic rings. The SMILES string of the molecule is COC(=O)c1cccc(C[n+]2ccn(C3CCC(C(C(N)=O)(c4ccccc4)c4ccccc4)C3)c2C)c1. The van der Waals surface area contributed by atoms with E-state index in [4.69, 9.17) is 10.5 Å². The molecule has 2 N–H and O–H groups in total. The molecule has 1 amide bonds. The Labute approximate surface area is 223 Å². The van der Waals surface area contributed by atoms with E-state index < -0.39 is 5.41 Å². The minimum absolute atomic E-state index is 0.0711. The van der Waals surface area contributed by atoms with E-state index in [0.29, 0.717) is 12.1 Å². The monoisotopic (exact) mass is 508 g/mol. The standard InChI is InChI=1S/C32H33N3O3/c1-23-34(22-24-10-9-11-25(20-24)30(36)38-2)18-19-35(23)29-17-16-28(21-29)32(31(33)37,26-12-5-3-6-13-26)27-14-7-4-8-15-27/h3-15,18-20,28-29H,16-17,21-22H2,1-2H3,(H-,33,37)/p+1. The van der Waals surface area contributed by atoms with Crippen LogP contribution in [-0.4, -0.2) is 23.6 Å². The van der Waals surface area contributed by atoms with Crippen LogP contribution in [0.5, 0.6) is 0 Å². The molecule has 5 rings (SSSR count). The number of esters is 1. The molecule has 0 radical (unpaired) electrons. The number of amides is 1. The van der Waals surface area contributed by atoms with E-state index in [2.05, 4.69) is 28.5 Å². The first-order valence-corrected chi connectivity index (χ1v) is 13.1. The number of hydrogen-bond acceptors (Lipinski definition) is 3. The zero-order valence-corrected chi connectivity index (χ0v) is 21.9. The van der Waals surface area contributed by atoms with Crippen molar-refractivity contribution in [1.29, 1.82) is 0 Å². The fraction of sp³-hybridized carbons (Fsp3) is 0.281. The van der Waals surface area contributed by atoms with Gasteiger partial charge in [0.2, 0.25) is 5.91 Å². The van der Waals surface area contributed by atoms with Crippen molar-refractivity contribution in [2.24, 2.45) is 11.7 Å². The number of aromatic nitrogens is 2. The number of nitrogens with two attached hydrogens (primary N) is 1. The van der Waals surface area contributed by atoms with E-state index in [9.17, 15) is 9.59 Å². The maximum atomic E-state index is 13.4. The van der Waals surface area contributed by atoms with Gasteiger partial charge in [0.15, 0.2) is 0 Å². The van der Waals surface area contributed by atoms with Gasteiger partial charge in [-0.05, 0) is 54.0 Å². The highest BCUT2D eigenvalue weighted by Crippen LogP contribution is 2.49. The van der Waals surface area contributed by atoms with Gasteiger partial charge in [0, 0.05) is 6.92 Å². The highest BCUT2D eigenvalue weighted by Gasteiger charge is 2.51. The van der Waals surface area contributed by atoms with Gasteiger partial charge in [-0.2, -0.15) is 0 Å². The highest BCUT2D eigenvalue weighted by molar-refractivity contribution is 5.91. The Bertz CT molecular complexity index is 1390. The molecule has 0 bridgehead atoms. The third kappa shape index (κ3) is 4.51. The number of ether oxygens (including phenoxy) is 1. The zero-order chi connectivity index (χ0) is 26.7. The maximum Gasteiger partial charge on any atom is 0.337 e. The van der Waals surface area contributed by atoms with Gasteiger partial charge >= 0.3 is 5.97 Å². The second-order valence-corrected chi connectivity index (χ2v) is 10.1. The summed E-state index contributed by atoms with van der Waals surface area (Å²) in [6.45, 7) is 2.77. The molecule has 1 aromatic heterocycles. The third-order valence-corrected chi connectivity index (χ3v) is 8.16. The average molecular weight is 509 g/mol. The number of hydrogen-bond donors (Lipinski definition) is 1. The Morgan fingerprint density at radius 3 is 2.24 bits per heavy atom. The number of primary amides is 1. The van der Waals surface area contributed by atoms with Crippen LogP contribution in [0.4, 0.5) is 0 Å². The van der Waals surface area contributed by atoms with Crippen LogP contribution in [0.2, 0.25) is 0 Å². The molecule has 0 aliphatic heterocycles. The predicted molar refractivity (Wildman–Crippen MR) is 145 cm³/mol. The summed E-state index contributed by atoms with van der Waals surface area (Å²) in [6.07, 6.45) is 6.93. The number of methoxy groups -OCH3 is 1. The van der Waals surface area contributed by atoms with Crippen LogP contribution in [0.25, 0.3) is 0 Å². The first kappa shape index (κ1) is 25.5. The quantitative estimate of drug-likeness (QED) is 0.276. The van der Waals surface area contributed by atoms with E-state index in [0.717, 1.165) is 41.8 Å². The van der Waals surface area contributed by atoms with Gasteiger partial charge in [0.05, 0.1) is 12.7 Å². The van der Waals surface area contributed by atoms with Gasteiger partial charge in [-0.3, -0.25) is 4.79 Å². The van der Waals surface area contributed by atoms with Gasteiger partial charge in [-0.1, -0.05) is 72.8 Å². The van der Waals surface area contributed by atoms with Crippen LogP contribution >= 0.6 is 0 Å². The van der Waals surface area contributed by atoms with Crippen molar-refractivity contribution in [2.75, 3.05) is 7.11 Å². The van der Waals surface area contributed by atoms with E-state index in [1.807, 2.05) is 78.9 Å². The van der Waals surface area contributed by atoms with E-state index in [1.54, 1.807) is 6.07 Å². The molecular formula is C32H34N3O3+. The molecule has 38 heavy (non-hydrogen) atoms. The average Bonchev–Trinajstić information content (AvgIpc) is 3.57. The minimum Gasteiger partial charge on any atom is -0.465 e. The molecule has 4 aromatic rings. The Morgan fingerprint density at radius 1 is 0.974 bits per heavy atom. The molecule has 2 atom stereocenters. The molecule has 3 aromatic carbocycles. The Hall–Kier alpha value is -4.19. The molecular weight excluding hydrogens is 474 g/mol. The molecule has 1 heterocycles. The summed E-state index contributed by atoms with van der Waals surface area (Å²) in [7, 11) is 1.39. The number of carbonyl (C=O) groups excluding carboxylic acids is 2. The van der Waals surface area contributed by atoms with Gasteiger partial charge in [-0.25, -0.2) is 13.9 Å². The van der Waals surface area contributed by atoms with E-state index in [-0.39, 0.29) is 23.8 Å². The smallest absolute Gasteiger partial charge is 0.337 e. The van der Waals surface area contributed by atoms with Crippen molar-refractivity contribution >= 4 is 11.9 Å². The summed E-state index contributed by atoms with van der Waals surface area (Å²) < 4.78 is 9.39. The predicted octanol–water partition coefficient (Wildman–Crippen LogP) is 4.73. The number of imidazole rings is 1. The summed E-state index contributed by atoms with van der Waals surface area (Å²) in [4.78, 5) is 25.4. The number of nitrogens with zero attached hydrogens (tertiary/aromatic N) is 2. The van der Waals surface area contributed by atoms with Crippen molar-refractivity contribution in [3.63, 3.8) is 0 Å². The van der Waals surface area contributed by atoms with Crippen molar-refractivity contribution < 1.29 is 18.9 Å². The zero-order valence-electron chi connectivity index (χ0n) is 21.9. The molecule has 6 nitrogen and oxygen atoms in total. The third-order valence-electron chi connectivity index (χ3n) is 8.16.